The van der Waals surface area contributed by atoms with Gasteiger partial charge in [0.25, 0.3) is 0 Å². The first-order valence-corrected chi connectivity index (χ1v) is 7.51. The molecule has 0 aromatic rings. The van der Waals surface area contributed by atoms with E-state index in [1.807, 2.05) is 13.8 Å². The lowest BCUT2D eigenvalue weighted by Gasteiger charge is -2.33. The Hall–Kier alpha value is -0.620. The van der Waals surface area contributed by atoms with Crippen molar-refractivity contribution in [3.63, 3.8) is 0 Å². The van der Waals surface area contributed by atoms with Crippen LogP contribution >= 0.6 is 0 Å². The third-order valence-electron chi connectivity index (χ3n) is 3.37. The van der Waals surface area contributed by atoms with Gasteiger partial charge in [0.1, 0.15) is 0 Å². The average molecular weight is 246 g/mol. The first-order chi connectivity index (χ1) is 7.41. The van der Waals surface area contributed by atoms with Gasteiger partial charge in [-0.2, -0.15) is 0 Å². The first kappa shape index (κ1) is 11.9. The second-order valence-corrected chi connectivity index (χ2v) is 6.95. The lowest BCUT2D eigenvalue weighted by Crippen LogP contribution is -2.48. The van der Waals surface area contributed by atoms with Crippen LogP contribution in [-0.2, 0) is 14.6 Å². The first-order valence-electron chi connectivity index (χ1n) is 5.69. The summed E-state index contributed by atoms with van der Waals surface area (Å²) in [6.07, 6.45) is 1.41. The highest BCUT2D eigenvalue weighted by Crippen LogP contribution is 2.23. The summed E-state index contributed by atoms with van der Waals surface area (Å²) in [5.74, 6) is 0.412. The zero-order chi connectivity index (χ0) is 11.9. The smallest absolute Gasteiger partial charge is 0.240 e. The summed E-state index contributed by atoms with van der Waals surface area (Å²) >= 11 is 0. The van der Waals surface area contributed by atoms with Crippen molar-refractivity contribution in [2.24, 2.45) is 0 Å². The van der Waals surface area contributed by atoms with E-state index in [0.717, 1.165) is 6.42 Å². The highest BCUT2D eigenvalue weighted by Gasteiger charge is 2.40. The Balaban J connectivity index is 2.16. The van der Waals surface area contributed by atoms with E-state index in [-0.39, 0.29) is 35.7 Å². The van der Waals surface area contributed by atoms with Gasteiger partial charge < -0.3 is 4.90 Å². The number of sulfone groups is 1. The van der Waals surface area contributed by atoms with Crippen LogP contribution in [0.3, 0.4) is 0 Å². The fourth-order valence-corrected chi connectivity index (χ4v) is 4.33. The number of hydrogen-bond donors (Lipinski definition) is 1. The van der Waals surface area contributed by atoms with Crippen LogP contribution in [0.5, 0.6) is 0 Å². The largest absolute Gasteiger partial charge is 0.322 e. The minimum atomic E-state index is -2.96. The molecule has 0 aliphatic carbocycles. The zero-order valence-electron chi connectivity index (χ0n) is 9.64. The molecule has 2 fully saturated rings. The normalized spacial score (nSPS) is 39.0. The highest BCUT2D eigenvalue weighted by atomic mass is 32.2. The molecule has 3 atom stereocenters. The molecule has 0 bridgehead atoms. The van der Waals surface area contributed by atoms with E-state index in [1.54, 1.807) is 4.90 Å². The van der Waals surface area contributed by atoms with Crippen molar-refractivity contribution in [2.45, 2.75) is 44.9 Å². The van der Waals surface area contributed by atoms with Crippen molar-refractivity contribution < 1.29 is 13.2 Å². The molecule has 5 nitrogen and oxygen atoms in total. The number of hydrogen-bond acceptors (Lipinski definition) is 4. The standard InChI is InChI=1S/C10H18N2O3S/c1-7-10(13)12(8(2)11-7)9-4-3-5-16(14,15)6-9/h7-9,11H,3-6H2,1-2H3. The van der Waals surface area contributed by atoms with Crippen LogP contribution in [0.25, 0.3) is 0 Å². The SMILES string of the molecule is CC1NC(C)N(C2CCCS(=O)(=O)C2)C1=O. The van der Waals surface area contributed by atoms with E-state index in [0.29, 0.717) is 6.42 Å². The molecule has 3 unspecified atom stereocenters. The molecule has 2 heterocycles. The molecular weight excluding hydrogens is 228 g/mol. The molecule has 2 saturated heterocycles. The number of carbonyl (C=O) groups is 1. The molecule has 2 aliphatic rings. The molecule has 0 radical (unpaired) electrons. The lowest BCUT2D eigenvalue weighted by molar-refractivity contribution is -0.131. The van der Waals surface area contributed by atoms with Gasteiger partial charge in [0.15, 0.2) is 9.84 Å². The fourth-order valence-electron chi connectivity index (χ4n) is 2.64. The van der Waals surface area contributed by atoms with Crippen molar-refractivity contribution in [2.75, 3.05) is 11.5 Å². The Labute approximate surface area is 96.1 Å². The van der Waals surface area contributed by atoms with Gasteiger partial charge in [-0.25, -0.2) is 8.42 Å². The van der Waals surface area contributed by atoms with Gasteiger partial charge in [-0.1, -0.05) is 0 Å². The Morgan fingerprint density at radius 1 is 1.38 bits per heavy atom. The second-order valence-electron chi connectivity index (χ2n) is 4.72. The summed E-state index contributed by atoms with van der Waals surface area (Å²) in [7, 11) is -2.96. The molecule has 0 aromatic heterocycles. The van der Waals surface area contributed by atoms with Crippen molar-refractivity contribution in [1.82, 2.24) is 10.2 Å². The monoisotopic (exact) mass is 246 g/mol. The Morgan fingerprint density at radius 2 is 2.06 bits per heavy atom. The van der Waals surface area contributed by atoms with Gasteiger partial charge in [0.2, 0.25) is 5.91 Å². The summed E-state index contributed by atoms with van der Waals surface area (Å²) in [6, 6.07) is -0.335. The maximum absolute atomic E-state index is 11.9. The van der Waals surface area contributed by atoms with Crippen LogP contribution in [0, 0.1) is 0 Å². The van der Waals surface area contributed by atoms with Crippen molar-refractivity contribution >= 4 is 15.7 Å². The number of amides is 1. The van der Waals surface area contributed by atoms with E-state index < -0.39 is 9.84 Å². The zero-order valence-corrected chi connectivity index (χ0v) is 10.5. The summed E-state index contributed by atoms with van der Waals surface area (Å²) in [5.41, 5.74) is 0. The fraction of sp³-hybridized carbons (Fsp3) is 0.900. The maximum atomic E-state index is 11.9. The van der Waals surface area contributed by atoms with Gasteiger partial charge in [0, 0.05) is 6.04 Å². The van der Waals surface area contributed by atoms with Gasteiger partial charge in [-0.15, -0.1) is 0 Å². The number of nitrogens with zero attached hydrogens (tertiary/aromatic N) is 1. The summed E-state index contributed by atoms with van der Waals surface area (Å²) in [6.45, 7) is 3.72. The number of carbonyl (C=O) groups excluding carboxylic acids is 1. The molecule has 2 rings (SSSR count). The quantitative estimate of drug-likeness (QED) is 0.691. The average Bonchev–Trinajstić information content (AvgIpc) is 2.39. The van der Waals surface area contributed by atoms with Crippen LogP contribution in [0.15, 0.2) is 0 Å². The van der Waals surface area contributed by atoms with Gasteiger partial charge in [-0.05, 0) is 26.7 Å². The number of rotatable bonds is 1. The third-order valence-corrected chi connectivity index (χ3v) is 5.17. The summed E-state index contributed by atoms with van der Waals surface area (Å²) in [4.78, 5) is 13.6. The van der Waals surface area contributed by atoms with E-state index in [1.165, 1.54) is 0 Å². The molecule has 1 N–H and O–H groups in total. The van der Waals surface area contributed by atoms with E-state index in [4.69, 9.17) is 0 Å². The maximum Gasteiger partial charge on any atom is 0.240 e. The molecule has 2 aliphatic heterocycles. The second kappa shape index (κ2) is 4.00. The van der Waals surface area contributed by atoms with Gasteiger partial charge in [0.05, 0.1) is 23.7 Å². The van der Waals surface area contributed by atoms with Crippen molar-refractivity contribution in [1.29, 1.82) is 0 Å². The molecule has 16 heavy (non-hydrogen) atoms. The van der Waals surface area contributed by atoms with Crippen LogP contribution in [0.1, 0.15) is 26.7 Å². The Morgan fingerprint density at radius 3 is 2.56 bits per heavy atom. The van der Waals surface area contributed by atoms with E-state index >= 15 is 0 Å². The van der Waals surface area contributed by atoms with Gasteiger partial charge >= 0.3 is 0 Å². The lowest BCUT2D eigenvalue weighted by atomic mass is 10.1. The van der Waals surface area contributed by atoms with Gasteiger partial charge in [-0.3, -0.25) is 10.1 Å². The molecule has 0 spiro atoms. The minimum Gasteiger partial charge on any atom is -0.322 e. The molecule has 1 amide bonds. The van der Waals surface area contributed by atoms with Crippen molar-refractivity contribution in [3.8, 4) is 0 Å². The Kier molecular flexibility index (Phi) is 2.96. The Bertz CT molecular complexity index is 393. The van der Waals surface area contributed by atoms with E-state index in [9.17, 15) is 13.2 Å². The topological polar surface area (TPSA) is 66.5 Å². The highest BCUT2D eigenvalue weighted by molar-refractivity contribution is 7.91. The third kappa shape index (κ3) is 2.08. The summed E-state index contributed by atoms with van der Waals surface area (Å²) in [5, 5.41) is 3.12. The van der Waals surface area contributed by atoms with E-state index in [2.05, 4.69) is 5.32 Å². The van der Waals surface area contributed by atoms with Crippen LogP contribution in [0.4, 0.5) is 0 Å². The molecular formula is C10H18N2O3S. The number of nitrogens with one attached hydrogen (secondary N) is 1. The predicted octanol–water partition coefficient (Wildman–Crippen LogP) is -0.270. The molecule has 6 heteroatoms. The predicted molar refractivity (Wildman–Crippen MR) is 60.6 cm³/mol. The van der Waals surface area contributed by atoms with Crippen LogP contribution < -0.4 is 5.32 Å². The molecule has 0 saturated carbocycles. The molecule has 0 aromatic carbocycles. The minimum absolute atomic E-state index is 0.0228. The van der Waals surface area contributed by atoms with Crippen LogP contribution in [0.2, 0.25) is 0 Å². The molecule has 92 valence electrons. The van der Waals surface area contributed by atoms with Crippen molar-refractivity contribution in [3.05, 3.63) is 0 Å². The van der Waals surface area contributed by atoms with Crippen LogP contribution in [-0.4, -0.2) is 49.0 Å². The summed E-state index contributed by atoms with van der Waals surface area (Å²) < 4.78 is 23.1.